The normalized spacial score (nSPS) is 53.0. The Hall–Kier alpha value is -1.01. The standard InChI is InChI=1S/C23H35NO2/c1-5-23(26)13-10-20-18-7-6-16-14-17(24-15(2)25)8-11-21(16,3)19(18)9-12-22(20,23)4/h1,16-20,26H,6-14H2,2-4H3,(H,24,25). The third kappa shape index (κ3) is 2.40. The summed E-state index contributed by atoms with van der Waals surface area (Å²) in [7, 11) is 0. The fraction of sp³-hybridized carbons (Fsp3) is 0.870. The van der Waals surface area contributed by atoms with Gasteiger partial charge in [0.05, 0.1) is 0 Å². The number of rotatable bonds is 1. The van der Waals surface area contributed by atoms with Gasteiger partial charge < -0.3 is 10.4 Å². The molecule has 4 rings (SSSR count). The van der Waals surface area contributed by atoms with Gasteiger partial charge in [-0.15, -0.1) is 6.42 Å². The minimum absolute atomic E-state index is 0.0977. The molecule has 0 saturated heterocycles. The minimum Gasteiger partial charge on any atom is -0.377 e. The van der Waals surface area contributed by atoms with E-state index in [-0.39, 0.29) is 11.3 Å². The molecule has 4 aliphatic carbocycles. The number of hydrogen-bond acceptors (Lipinski definition) is 2. The second-order valence-electron chi connectivity index (χ2n) is 10.3. The lowest BCUT2D eigenvalue weighted by Crippen LogP contribution is -2.57. The van der Waals surface area contributed by atoms with Crippen molar-refractivity contribution in [2.45, 2.75) is 90.2 Å². The van der Waals surface area contributed by atoms with Gasteiger partial charge in [-0.05, 0) is 86.9 Å². The summed E-state index contributed by atoms with van der Waals surface area (Å²) in [6.45, 7) is 6.44. The van der Waals surface area contributed by atoms with Crippen molar-refractivity contribution in [3.63, 3.8) is 0 Å². The van der Waals surface area contributed by atoms with Crippen molar-refractivity contribution in [2.24, 2.45) is 34.5 Å². The van der Waals surface area contributed by atoms with E-state index in [2.05, 4.69) is 25.1 Å². The summed E-state index contributed by atoms with van der Waals surface area (Å²) in [6, 6.07) is 0.369. The van der Waals surface area contributed by atoms with Crippen molar-refractivity contribution in [3.05, 3.63) is 0 Å². The lowest BCUT2D eigenvalue weighted by molar-refractivity contribution is -0.138. The van der Waals surface area contributed by atoms with Gasteiger partial charge in [-0.3, -0.25) is 4.79 Å². The molecule has 8 unspecified atom stereocenters. The van der Waals surface area contributed by atoms with Gasteiger partial charge in [0.1, 0.15) is 5.60 Å². The molecule has 144 valence electrons. The van der Waals surface area contributed by atoms with Gasteiger partial charge in [0.25, 0.3) is 0 Å². The van der Waals surface area contributed by atoms with Crippen LogP contribution in [0.25, 0.3) is 0 Å². The summed E-state index contributed by atoms with van der Waals surface area (Å²) in [5.74, 6) is 5.68. The van der Waals surface area contributed by atoms with Crippen LogP contribution in [0.3, 0.4) is 0 Å². The number of amides is 1. The van der Waals surface area contributed by atoms with E-state index in [1.165, 1.54) is 25.7 Å². The van der Waals surface area contributed by atoms with Gasteiger partial charge in [-0.25, -0.2) is 0 Å². The molecular formula is C23H35NO2. The summed E-state index contributed by atoms with van der Waals surface area (Å²) in [5.41, 5.74) is -0.598. The van der Waals surface area contributed by atoms with Gasteiger partial charge >= 0.3 is 0 Å². The van der Waals surface area contributed by atoms with E-state index < -0.39 is 5.60 Å². The van der Waals surface area contributed by atoms with Crippen LogP contribution in [0.15, 0.2) is 0 Å². The zero-order valence-electron chi connectivity index (χ0n) is 16.7. The maximum absolute atomic E-state index is 11.5. The second-order valence-corrected chi connectivity index (χ2v) is 10.3. The van der Waals surface area contributed by atoms with Gasteiger partial charge in [0, 0.05) is 18.4 Å². The lowest BCUT2D eigenvalue weighted by Gasteiger charge is -2.61. The zero-order valence-corrected chi connectivity index (χ0v) is 16.7. The summed E-state index contributed by atoms with van der Waals surface area (Å²) in [5, 5.41) is 14.3. The molecule has 3 nitrogen and oxygen atoms in total. The highest BCUT2D eigenvalue weighted by Crippen LogP contribution is 2.68. The fourth-order valence-electron chi connectivity index (χ4n) is 7.93. The molecule has 0 spiro atoms. The van der Waals surface area contributed by atoms with E-state index in [1.807, 2.05) is 0 Å². The average Bonchev–Trinajstić information content (AvgIpc) is 2.87. The Morgan fingerprint density at radius 2 is 1.81 bits per heavy atom. The van der Waals surface area contributed by atoms with Crippen LogP contribution in [0.4, 0.5) is 0 Å². The predicted octanol–water partition coefficient (Wildman–Crippen LogP) is 3.90. The van der Waals surface area contributed by atoms with Crippen molar-refractivity contribution in [3.8, 4) is 12.3 Å². The molecule has 1 amide bonds. The van der Waals surface area contributed by atoms with Crippen LogP contribution in [-0.2, 0) is 4.79 Å². The molecule has 4 aliphatic rings. The van der Waals surface area contributed by atoms with Crippen LogP contribution in [0.5, 0.6) is 0 Å². The number of aliphatic hydroxyl groups is 1. The molecule has 2 N–H and O–H groups in total. The van der Waals surface area contributed by atoms with E-state index >= 15 is 0 Å². The van der Waals surface area contributed by atoms with Crippen LogP contribution >= 0.6 is 0 Å². The molecule has 3 heteroatoms. The molecule has 8 atom stereocenters. The fourth-order valence-corrected chi connectivity index (χ4v) is 7.93. The summed E-state index contributed by atoms with van der Waals surface area (Å²) in [4.78, 5) is 11.5. The lowest BCUT2D eigenvalue weighted by atomic mass is 9.44. The van der Waals surface area contributed by atoms with Crippen LogP contribution in [0.2, 0.25) is 0 Å². The van der Waals surface area contributed by atoms with Crippen LogP contribution in [0.1, 0.15) is 78.6 Å². The molecule has 0 aromatic carbocycles. The van der Waals surface area contributed by atoms with Crippen molar-refractivity contribution in [2.75, 3.05) is 0 Å². The quantitative estimate of drug-likeness (QED) is 0.699. The maximum Gasteiger partial charge on any atom is 0.217 e. The molecule has 0 heterocycles. The van der Waals surface area contributed by atoms with E-state index in [1.54, 1.807) is 6.92 Å². The van der Waals surface area contributed by atoms with Crippen molar-refractivity contribution < 1.29 is 9.90 Å². The first-order chi connectivity index (χ1) is 12.2. The van der Waals surface area contributed by atoms with Crippen LogP contribution < -0.4 is 5.32 Å². The zero-order chi connectivity index (χ0) is 18.7. The van der Waals surface area contributed by atoms with Gasteiger partial charge in [0.15, 0.2) is 0 Å². The average molecular weight is 358 g/mol. The van der Waals surface area contributed by atoms with E-state index in [0.717, 1.165) is 49.9 Å². The first-order valence-corrected chi connectivity index (χ1v) is 10.7. The Bertz CT molecular complexity index is 639. The molecule has 0 radical (unpaired) electrons. The molecule has 4 saturated carbocycles. The number of terminal acetylenes is 1. The van der Waals surface area contributed by atoms with E-state index in [9.17, 15) is 9.90 Å². The Balaban J connectivity index is 1.56. The number of nitrogens with one attached hydrogen (secondary N) is 1. The van der Waals surface area contributed by atoms with Crippen molar-refractivity contribution in [1.82, 2.24) is 5.32 Å². The highest BCUT2D eigenvalue weighted by atomic mass is 16.3. The Kier molecular flexibility index (Phi) is 4.23. The van der Waals surface area contributed by atoms with Gasteiger partial charge in [0.2, 0.25) is 5.91 Å². The first kappa shape index (κ1) is 18.4. The number of hydrogen-bond donors (Lipinski definition) is 2. The van der Waals surface area contributed by atoms with Crippen molar-refractivity contribution in [1.29, 1.82) is 0 Å². The molecule has 0 aromatic rings. The van der Waals surface area contributed by atoms with E-state index in [4.69, 9.17) is 6.42 Å². The Morgan fingerprint density at radius 3 is 2.50 bits per heavy atom. The summed E-state index contributed by atoms with van der Waals surface area (Å²) >= 11 is 0. The number of carbonyl (C=O) groups is 1. The highest BCUT2D eigenvalue weighted by Gasteiger charge is 2.64. The maximum atomic E-state index is 11.5. The largest absolute Gasteiger partial charge is 0.377 e. The topological polar surface area (TPSA) is 49.3 Å². The minimum atomic E-state index is -0.899. The van der Waals surface area contributed by atoms with Crippen LogP contribution in [-0.4, -0.2) is 22.7 Å². The smallest absolute Gasteiger partial charge is 0.217 e. The molecule has 0 bridgehead atoms. The predicted molar refractivity (Wildman–Crippen MR) is 103 cm³/mol. The highest BCUT2D eigenvalue weighted by molar-refractivity contribution is 5.73. The molecular weight excluding hydrogens is 322 g/mol. The Labute approximate surface area is 158 Å². The van der Waals surface area contributed by atoms with E-state index in [0.29, 0.717) is 17.4 Å². The van der Waals surface area contributed by atoms with Gasteiger partial charge in [-0.2, -0.15) is 0 Å². The third-order valence-corrected chi connectivity index (χ3v) is 9.46. The third-order valence-electron chi connectivity index (χ3n) is 9.46. The summed E-state index contributed by atoms with van der Waals surface area (Å²) in [6.07, 6.45) is 16.0. The van der Waals surface area contributed by atoms with Crippen LogP contribution in [0, 0.1) is 46.8 Å². The monoisotopic (exact) mass is 357 g/mol. The van der Waals surface area contributed by atoms with Crippen molar-refractivity contribution >= 4 is 5.91 Å². The Morgan fingerprint density at radius 1 is 1.08 bits per heavy atom. The van der Waals surface area contributed by atoms with Gasteiger partial charge in [-0.1, -0.05) is 19.8 Å². The molecule has 26 heavy (non-hydrogen) atoms. The SMILES string of the molecule is C#CC1(O)CCC2C3CCC4CC(NC(C)=O)CCC4(C)C3CCC21C. The first-order valence-electron chi connectivity index (χ1n) is 10.7. The molecule has 0 aromatic heterocycles. The number of fused-ring (bicyclic) bond motifs is 5. The summed E-state index contributed by atoms with van der Waals surface area (Å²) < 4.78 is 0. The molecule has 0 aliphatic heterocycles. The molecule has 4 fully saturated rings. The number of carbonyl (C=O) groups excluding carboxylic acids is 1. The second kappa shape index (κ2) is 5.99.